The molecule has 2 N–H and O–H groups in total. The van der Waals surface area contributed by atoms with E-state index in [2.05, 4.69) is 0 Å². The van der Waals surface area contributed by atoms with Gasteiger partial charge >= 0.3 is 5.97 Å². The number of ether oxygens (including phenoxy) is 1. The highest BCUT2D eigenvalue weighted by atomic mass is 19.1. The maximum absolute atomic E-state index is 13.7. The summed E-state index contributed by atoms with van der Waals surface area (Å²) in [7, 11) is 0. The standard InChI is InChI=1S/C13H18FNO2/c1-8(12(16)17-13(2,3)4)9-6-5-7-10(15)11(9)14/h5-8H,15H2,1-4H3/t8-/m0/s1. The minimum Gasteiger partial charge on any atom is -0.460 e. The van der Waals surface area contributed by atoms with Gasteiger partial charge in [-0.2, -0.15) is 0 Å². The van der Waals surface area contributed by atoms with Gasteiger partial charge in [-0.1, -0.05) is 12.1 Å². The summed E-state index contributed by atoms with van der Waals surface area (Å²) in [6, 6.07) is 4.62. The van der Waals surface area contributed by atoms with Crippen molar-refractivity contribution in [3.05, 3.63) is 29.6 Å². The van der Waals surface area contributed by atoms with Crippen LogP contribution in [0, 0.1) is 5.82 Å². The molecule has 0 spiro atoms. The molecule has 0 aliphatic heterocycles. The predicted molar refractivity (Wildman–Crippen MR) is 65.1 cm³/mol. The number of nitrogen functional groups attached to an aromatic ring is 1. The number of anilines is 1. The maximum Gasteiger partial charge on any atom is 0.313 e. The van der Waals surface area contributed by atoms with E-state index in [1.807, 2.05) is 0 Å². The quantitative estimate of drug-likeness (QED) is 0.637. The molecule has 0 heterocycles. The minimum absolute atomic E-state index is 0.0397. The van der Waals surface area contributed by atoms with E-state index in [1.54, 1.807) is 39.8 Å². The number of nitrogens with two attached hydrogens (primary N) is 1. The molecule has 0 radical (unpaired) electrons. The smallest absolute Gasteiger partial charge is 0.313 e. The highest BCUT2D eigenvalue weighted by Gasteiger charge is 2.25. The van der Waals surface area contributed by atoms with Gasteiger partial charge in [-0.05, 0) is 33.8 Å². The Morgan fingerprint density at radius 3 is 2.53 bits per heavy atom. The molecule has 0 aromatic heterocycles. The van der Waals surface area contributed by atoms with Crippen molar-refractivity contribution in [2.75, 3.05) is 5.73 Å². The first-order chi connectivity index (χ1) is 7.72. The summed E-state index contributed by atoms with van der Waals surface area (Å²) in [5, 5.41) is 0. The molecule has 0 aliphatic rings. The zero-order valence-corrected chi connectivity index (χ0v) is 10.6. The van der Waals surface area contributed by atoms with Crippen LogP contribution in [0.4, 0.5) is 10.1 Å². The number of esters is 1. The van der Waals surface area contributed by atoms with E-state index in [9.17, 15) is 9.18 Å². The van der Waals surface area contributed by atoms with Crippen molar-refractivity contribution in [2.45, 2.75) is 39.2 Å². The fourth-order valence-corrected chi connectivity index (χ4v) is 1.42. The van der Waals surface area contributed by atoms with Gasteiger partial charge in [0.15, 0.2) is 0 Å². The van der Waals surface area contributed by atoms with E-state index >= 15 is 0 Å². The van der Waals surface area contributed by atoms with E-state index in [0.717, 1.165) is 0 Å². The van der Waals surface area contributed by atoms with Crippen LogP contribution in [0.2, 0.25) is 0 Å². The summed E-state index contributed by atoms with van der Waals surface area (Å²) in [6.45, 7) is 6.92. The molecular weight excluding hydrogens is 221 g/mol. The molecule has 0 unspecified atom stereocenters. The van der Waals surface area contributed by atoms with Crippen LogP contribution in [0.25, 0.3) is 0 Å². The normalized spacial score (nSPS) is 13.2. The second-order valence-corrected chi connectivity index (χ2v) is 5.01. The van der Waals surface area contributed by atoms with Gasteiger partial charge in [-0.3, -0.25) is 4.79 Å². The van der Waals surface area contributed by atoms with Crippen molar-refractivity contribution in [1.29, 1.82) is 0 Å². The molecule has 1 aromatic rings. The van der Waals surface area contributed by atoms with Crippen molar-refractivity contribution in [2.24, 2.45) is 0 Å². The third-order valence-corrected chi connectivity index (χ3v) is 2.29. The fraction of sp³-hybridized carbons (Fsp3) is 0.462. The van der Waals surface area contributed by atoms with Gasteiger partial charge < -0.3 is 10.5 Å². The Balaban J connectivity index is 2.93. The molecule has 17 heavy (non-hydrogen) atoms. The van der Waals surface area contributed by atoms with E-state index in [4.69, 9.17) is 10.5 Å². The molecular formula is C13H18FNO2. The number of benzene rings is 1. The number of hydrogen-bond donors (Lipinski definition) is 1. The highest BCUT2D eigenvalue weighted by molar-refractivity contribution is 5.78. The number of carbonyl (C=O) groups is 1. The van der Waals surface area contributed by atoms with Gasteiger partial charge in [-0.25, -0.2) is 4.39 Å². The van der Waals surface area contributed by atoms with Gasteiger partial charge in [-0.15, -0.1) is 0 Å². The van der Waals surface area contributed by atoms with Crippen molar-refractivity contribution in [3.8, 4) is 0 Å². The Morgan fingerprint density at radius 2 is 2.00 bits per heavy atom. The van der Waals surface area contributed by atoms with Crippen LogP contribution in [-0.2, 0) is 9.53 Å². The third kappa shape index (κ3) is 3.44. The Morgan fingerprint density at radius 1 is 1.41 bits per heavy atom. The number of carbonyl (C=O) groups excluding carboxylic acids is 1. The van der Waals surface area contributed by atoms with Gasteiger partial charge in [0, 0.05) is 5.56 Å². The molecule has 1 atom stereocenters. The second kappa shape index (κ2) is 4.73. The summed E-state index contributed by atoms with van der Waals surface area (Å²) in [4.78, 5) is 11.8. The fourth-order valence-electron chi connectivity index (χ4n) is 1.42. The maximum atomic E-state index is 13.7. The summed E-state index contributed by atoms with van der Waals surface area (Å²) < 4.78 is 18.9. The van der Waals surface area contributed by atoms with E-state index in [-0.39, 0.29) is 11.3 Å². The molecule has 0 saturated heterocycles. The Bertz CT molecular complexity index is 424. The molecule has 0 fully saturated rings. The van der Waals surface area contributed by atoms with Crippen LogP contribution in [0.5, 0.6) is 0 Å². The Labute approximate surface area is 101 Å². The first-order valence-electron chi connectivity index (χ1n) is 5.49. The predicted octanol–water partition coefficient (Wildman–Crippen LogP) is 2.85. The summed E-state index contributed by atoms with van der Waals surface area (Å²) in [5.74, 6) is -1.68. The van der Waals surface area contributed by atoms with Gasteiger partial charge in [0.2, 0.25) is 0 Å². The van der Waals surface area contributed by atoms with Crippen LogP contribution >= 0.6 is 0 Å². The molecule has 0 amide bonds. The van der Waals surface area contributed by atoms with Crippen molar-refractivity contribution in [3.63, 3.8) is 0 Å². The van der Waals surface area contributed by atoms with E-state index in [1.165, 1.54) is 6.07 Å². The van der Waals surface area contributed by atoms with Crippen molar-refractivity contribution >= 4 is 11.7 Å². The molecule has 94 valence electrons. The number of rotatable bonds is 2. The summed E-state index contributed by atoms with van der Waals surface area (Å²) in [5.41, 5.74) is 5.18. The first kappa shape index (κ1) is 13.5. The Hall–Kier alpha value is -1.58. The van der Waals surface area contributed by atoms with Gasteiger partial charge in [0.1, 0.15) is 11.4 Å². The van der Waals surface area contributed by atoms with Gasteiger partial charge in [0.05, 0.1) is 11.6 Å². The van der Waals surface area contributed by atoms with Crippen LogP contribution in [-0.4, -0.2) is 11.6 Å². The molecule has 3 nitrogen and oxygen atoms in total. The first-order valence-corrected chi connectivity index (χ1v) is 5.49. The van der Waals surface area contributed by atoms with E-state index in [0.29, 0.717) is 0 Å². The zero-order valence-electron chi connectivity index (χ0n) is 10.6. The molecule has 0 saturated carbocycles. The molecule has 0 aliphatic carbocycles. The minimum atomic E-state index is -0.669. The molecule has 0 bridgehead atoms. The number of hydrogen-bond acceptors (Lipinski definition) is 3. The number of halogens is 1. The van der Waals surface area contributed by atoms with Crippen LogP contribution in [0.1, 0.15) is 39.2 Å². The SMILES string of the molecule is C[C@H](C(=O)OC(C)(C)C)c1cccc(N)c1F. The third-order valence-electron chi connectivity index (χ3n) is 2.29. The highest BCUT2D eigenvalue weighted by Crippen LogP contribution is 2.25. The van der Waals surface area contributed by atoms with Gasteiger partial charge in [0.25, 0.3) is 0 Å². The summed E-state index contributed by atoms with van der Waals surface area (Å²) in [6.07, 6.45) is 0. The average molecular weight is 239 g/mol. The van der Waals surface area contributed by atoms with Crippen LogP contribution in [0.15, 0.2) is 18.2 Å². The lowest BCUT2D eigenvalue weighted by Gasteiger charge is -2.22. The molecule has 4 heteroatoms. The largest absolute Gasteiger partial charge is 0.460 e. The molecule has 1 aromatic carbocycles. The lowest BCUT2D eigenvalue weighted by molar-refractivity contribution is -0.156. The van der Waals surface area contributed by atoms with Crippen LogP contribution in [0.3, 0.4) is 0 Å². The van der Waals surface area contributed by atoms with Crippen LogP contribution < -0.4 is 5.73 Å². The Kier molecular flexibility index (Phi) is 3.76. The average Bonchev–Trinajstić information content (AvgIpc) is 2.18. The van der Waals surface area contributed by atoms with E-state index < -0.39 is 23.3 Å². The zero-order chi connectivity index (χ0) is 13.2. The lowest BCUT2D eigenvalue weighted by Crippen LogP contribution is -2.27. The molecule has 1 rings (SSSR count). The topological polar surface area (TPSA) is 52.3 Å². The van der Waals surface area contributed by atoms with Crippen molar-refractivity contribution in [1.82, 2.24) is 0 Å². The monoisotopic (exact) mass is 239 g/mol. The summed E-state index contributed by atoms with van der Waals surface area (Å²) >= 11 is 0. The lowest BCUT2D eigenvalue weighted by atomic mass is 9.99. The second-order valence-electron chi connectivity index (χ2n) is 5.01. The van der Waals surface area contributed by atoms with Crippen molar-refractivity contribution < 1.29 is 13.9 Å².